The number of nitrogens with two attached hydrogens (primary N) is 2. The molecule has 0 radical (unpaired) electrons. The van der Waals surface area contributed by atoms with E-state index in [0.29, 0.717) is 139 Å². The molecule has 9 aromatic heterocycles. The Balaban J connectivity index is 0.000000189. The lowest BCUT2D eigenvalue weighted by Gasteiger charge is -2.14. The van der Waals surface area contributed by atoms with Gasteiger partial charge in [0.2, 0.25) is 11.8 Å². The molecule has 7 N–H and O–H groups in total. The Morgan fingerprint density at radius 3 is 1.13 bits per heavy atom. The van der Waals surface area contributed by atoms with Crippen LogP contribution in [0.2, 0.25) is 35.2 Å². The number of thiophene rings is 7. The van der Waals surface area contributed by atoms with Gasteiger partial charge in [0.25, 0.3) is 10.5 Å². The molecule has 40 heteroatoms. The van der Waals surface area contributed by atoms with E-state index < -0.39 is 22.3 Å². The number of nitrogens with zero attached hydrogens (tertiary/aromatic N) is 4. The number of nitrogens with one attached hydrogen (secondary N) is 1. The van der Waals surface area contributed by atoms with Crippen molar-refractivity contribution < 1.29 is 74.1 Å². The van der Waals surface area contributed by atoms with Crippen molar-refractivity contribution in [3.05, 3.63) is 339 Å². The van der Waals surface area contributed by atoms with Crippen molar-refractivity contribution in [2.24, 2.45) is 0 Å². The molecule has 0 unspecified atom stereocenters. The van der Waals surface area contributed by atoms with Crippen LogP contribution < -0.4 is 16.8 Å². The van der Waals surface area contributed by atoms with Gasteiger partial charge in [-0.05, 0) is 156 Å². The van der Waals surface area contributed by atoms with Gasteiger partial charge in [0, 0.05) is 113 Å². The summed E-state index contributed by atoms with van der Waals surface area (Å²) in [6.07, 6.45) is 12.4. The Hall–Kier alpha value is -9.72. The molecular weight excluding hydrogens is 2060 g/mol. The zero-order valence-corrected chi connectivity index (χ0v) is 80.6. The van der Waals surface area contributed by atoms with Gasteiger partial charge in [0.15, 0.2) is 6.29 Å². The molecule has 0 bridgehead atoms. The van der Waals surface area contributed by atoms with E-state index in [1.165, 1.54) is 140 Å². The number of amides is 2. The van der Waals surface area contributed by atoms with Crippen molar-refractivity contribution in [1.29, 1.82) is 0 Å². The first-order valence-electron chi connectivity index (χ1n) is 37.1. The standard InChI is InChI=1S/2C18H15ClFN3OS.C10H9ClFNS.2C9H3Cl2FOS.C9H6ClFOS.C9H4ClFOS.C9H7FO2.CH4.ClH/c2*1-23(16(24)8-6-11-5-7-15(21)22-9-11)10-14-17(19)12-3-2-4-13(20)18(12)25-14;1-13-5-8-9(11)6-3-2-4-7(12)10(6)14-8;10-7-5-3-4(12)1-2-6(5)14-8(7)9(11)13;10-6-4-2-1-3-5(12)7(4)14-8(6)9(11)13;2*10-8-5-2-1-3-6(11)9(5)13-7(8)4-12;10-8-3-1-2-7(6-8)4-5-9(11)12;;/h2*2-9H,10H2,1H3,(H2,21,22);2-4,13H,5H2,1H3;2*1-3H;1-3,12H,4H2;1-4H;1-6H,(H,11,12);1H4;1H/b2*8-6+;;;;;;5-4+;;. The van der Waals surface area contributed by atoms with E-state index in [2.05, 4.69) is 15.3 Å². The van der Waals surface area contributed by atoms with Crippen LogP contribution in [0.15, 0.2) is 207 Å². The smallest absolute Gasteiger partial charge is 0.328 e. The maximum absolute atomic E-state index is 13.9. The Morgan fingerprint density at radius 1 is 0.417 bits per heavy atom. The van der Waals surface area contributed by atoms with Gasteiger partial charge in [-0.2, -0.15) is 0 Å². The van der Waals surface area contributed by atoms with E-state index in [4.69, 9.17) is 126 Å². The fraction of sp³-hybridized carbons (Fsp3) is 0.0870. The SMILES string of the molecule is C.CN(Cc1sc2c(F)cccc2c1Cl)C(=O)/C=C/c1ccc(N)nc1.CN(Cc1sc2c(F)cccc2c1Cl)C(=O)/C=C/c1ccc(N)nc1.CNCc1sc2c(F)cccc2c1Cl.Cl.O=C(Cl)c1sc2c(F)cccc2c1Cl.O=C(Cl)c1sc2ccc(F)cc2c1Cl.O=C(O)/C=C/c1cccc(F)c1.O=Cc1sc2c(F)cccc2c1Cl.OCc1sc2c(F)cccc2c1Cl. The van der Waals surface area contributed by atoms with Crippen molar-refractivity contribution in [3.8, 4) is 0 Å². The molecule has 686 valence electrons. The number of aliphatic carboxylic acids is 1. The minimum absolute atomic E-state index is 0. The minimum Gasteiger partial charge on any atom is -0.478 e. The third kappa shape index (κ3) is 28.0. The number of hydrogen-bond donors (Lipinski definition) is 5. The van der Waals surface area contributed by atoms with E-state index >= 15 is 0 Å². The van der Waals surface area contributed by atoms with Gasteiger partial charge < -0.3 is 36.8 Å². The van der Waals surface area contributed by atoms with Crippen molar-refractivity contribution in [1.82, 2.24) is 25.1 Å². The van der Waals surface area contributed by atoms with Crippen LogP contribution in [-0.4, -0.2) is 85.7 Å². The summed E-state index contributed by atoms with van der Waals surface area (Å²) >= 11 is 61.2. The number of halogens is 18. The van der Waals surface area contributed by atoms with Crippen molar-refractivity contribution in [2.75, 3.05) is 32.6 Å². The molecule has 17 rings (SSSR count). The first kappa shape index (κ1) is 108. The van der Waals surface area contributed by atoms with Crippen LogP contribution in [0, 0.1) is 46.5 Å². The molecule has 0 atom stereocenters. The van der Waals surface area contributed by atoms with Crippen molar-refractivity contribution in [2.45, 2.75) is 33.7 Å². The van der Waals surface area contributed by atoms with Crippen molar-refractivity contribution >= 4 is 331 Å². The van der Waals surface area contributed by atoms with Crippen LogP contribution in [0.5, 0.6) is 0 Å². The lowest BCUT2D eigenvalue weighted by atomic mass is 10.2. The van der Waals surface area contributed by atoms with Gasteiger partial charge >= 0.3 is 5.97 Å². The van der Waals surface area contributed by atoms with Gasteiger partial charge in [-0.15, -0.1) is 91.8 Å². The summed E-state index contributed by atoms with van der Waals surface area (Å²) in [5.41, 5.74) is 13.1. The summed E-state index contributed by atoms with van der Waals surface area (Å²) in [4.78, 5) is 81.8. The van der Waals surface area contributed by atoms with Crippen molar-refractivity contribution in [3.63, 3.8) is 0 Å². The summed E-state index contributed by atoms with van der Waals surface area (Å²) < 4.78 is 110. The first-order valence-corrected chi connectivity index (χ1v) is 46.2. The van der Waals surface area contributed by atoms with Crippen LogP contribution in [0.1, 0.15) is 72.6 Å². The molecule has 2 amide bonds. The molecule has 0 aliphatic heterocycles. The van der Waals surface area contributed by atoms with E-state index in [0.717, 1.165) is 75.9 Å². The number of fused-ring (bicyclic) bond motifs is 7. The molecular formula is C92H67Cl10F8N7O8S7. The highest BCUT2D eigenvalue weighted by Crippen LogP contribution is 2.44. The minimum atomic E-state index is -1.04. The Bertz CT molecular complexity index is 6980. The summed E-state index contributed by atoms with van der Waals surface area (Å²) in [5, 5.41) is 26.3. The van der Waals surface area contributed by atoms with Crippen LogP contribution in [0.3, 0.4) is 0 Å². The third-order valence-corrected chi connectivity index (χ3v) is 30.3. The molecule has 8 aromatic carbocycles. The van der Waals surface area contributed by atoms with Crippen LogP contribution in [0.25, 0.3) is 88.8 Å². The monoisotopic (exact) mass is 2120 g/mol. The average Bonchev–Trinajstić information content (AvgIpc) is 1.62. The summed E-state index contributed by atoms with van der Waals surface area (Å²) in [6.45, 7) is 1.15. The molecule has 0 saturated carbocycles. The molecule has 0 spiro atoms. The number of likely N-dealkylation sites (N-methyl/N-ethyl adjacent to an activating group) is 2. The van der Waals surface area contributed by atoms with Gasteiger partial charge in [-0.3, -0.25) is 24.0 Å². The van der Waals surface area contributed by atoms with Gasteiger partial charge in [-0.1, -0.05) is 174 Å². The largest absolute Gasteiger partial charge is 0.478 e. The number of carboxylic acids is 1. The van der Waals surface area contributed by atoms with Crippen LogP contribution in [0.4, 0.5) is 46.8 Å². The Labute approximate surface area is 827 Å². The lowest BCUT2D eigenvalue weighted by molar-refractivity contribution is -0.131. The number of anilines is 2. The number of rotatable bonds is 16. The summed E-state index contributed by atoms with van der Waals surface area (Å²) in [6, 6.07) is 45.2. The maximum atomic E-state index is 13.9. The second-order valence-corrected chi connectivity index (χ2v) is 37.5. The van der Waals surface area contributed by atoms with E-state index in [1.54, 1.807) is 142 Å². The third-order valence-electron chi connectivity index (χ3n) is 17.7. The molecule has 9 heterocycles. The van der Waals surface area contributed by atoms with E-state index in [9.17, 15) is 63.9 Å². The van der Waals surface area contributed by atoms with Crippen LogP contribution >= 0.6 is 196 Å². The van der Waals surface area contributed by atoms with E-state index in [-0.39, 0.29) is 98.8 Å². The van der Waals surface area contributed by atoms with Gasteiger partial charge in [0.1, 0.15) is 67.9 Å². The van der Waals surface area contributed by atoms with Crippen LogP contribution in [-0.2, 0) is 40.6 Å². The number of hydrogen-bond acceptors (Lipinski definition) is 19. The average molecular weight is 2130 g/mol. The van der Waals surface area contributed by atoms with Gasteiger partial charge in [0.05, 0.1) is 87.9 Å². The molecule has 132 heavy (non-hydrogen) atoms. The molecule has 0 saturated heterocycles. The Kier molecular flexibility index (Phi) is 41.2. The maximum Gasteiger partial charge on any atom is 0.328 e. The quantitative estimate of drug-likeness (QED) is 0.0262. The highest BCUT2D eigenvalue weighted by Gasteiger charge is 2.23. The fourth-order valence-electron chi connectivity index (χ4n) is 11.5. The number of carbonyl (C=O) groups excluding carboxylic acids is 5. The topological polar surface area (TPSA) is 239 Å². The highest BCUT2D eigenvalue weighted by atomic mass is 35.5. The highest BCUT2D eigenvalue weighted by molar-refractivity contribution is 7.24. The number of benzene rings is 8. The number of carbonyl (C=O) groups is 6. The number of aldehydes is 1. The van der Waals surface area contributed by atoms with E-state index in [1.807, 2.05) is 13.1 Å². The molecule has 17 aromatic rings. The molecule has 0 aliphatic carbocycles. The number of carboxylic acid groups (broad SMARTS) is 1. The second kappa shape index (κ2) is 50.6. The lowest BCUT2D eigenvalue weighted by Crippen LogP contribution is -2.23. The zero-order valence-electron chi connectivity index (χ0n) is 67.2. The number of aromatic nitrogens is 2. The molecule has 15 nitrogen and oxygen atoms in total. The fourth-order valence-corrected chi connectivity index (χ4v) is 21.9. The van der Waals surface area contributed by atoms with Gasteiger partial charge in [-0.25, -0.2) is 49.9 Å². The normalized spacial score (nSPS) is 10.8. The Morgan fingerprint density at radius 2 is 0.765 bits per heavy atom. The molecule has 0 aliphatic rings. The number of pyridine rings is 2. The first-order chi connectivity index (χ1) is 62.0. The summed E-state index contributed by atoms with van der Waals surface area (Å²) in [7, 11) is 5.19. The number of nitrogen functional groups attached to an aromatic ring is 2. The predicted molar refractivity (Wildman–Crippen MR) is 537 cm³/mol. The second-order valence-electron chi connectivity index (χ2n) is 26.6. The zero-order chi connectivity index (χ0) is 94.5. The predicted octanol–water partition coefficient (Wildman–Crippen LogP) is 29.9. The number of aliphatic hydroxyl groups excluding tert-OH is 1. The molecule has 0 fully saturated rings. The summed E-state index contributed by atoms with van der Waals surface area (Å²) in [5.74, 6) is -3.15. The number of aliphatic hydroxyl groups is 1.